The van der Waals surface area contributed by atoms with E-state index in [1.807, 2.05) is 36.4 Å². The van der Waals surface area contributed by atoms with Gasteiger partial charge in [0.2, 0.25) is 0 Å². The zero-order valence-corrected chi connectivity index (χ0v) is 13.2. The highest BCUT2D eigenvalue weighted by Crippen LogP contribution is 2.20. The molecule has 0 saturated heterocycles. The van der Waals surface area contributed by atoms with Gasteiger partial charge in [-0.2, -0.15) is 0 Å². The first-order valence-corrected chi connectivity index (χ1v) is 8.23. The van der Waals surface area contributed by atoms with E-state index in [1.165, 1.54) is 19.3 Å². The summed E-state index contributed by atoms with van der Waals surface area (Å²) in [6.07, 6.45) is 7.54. The molecule has 1 fully saturated rings. The van der Waals surface area contributed by atoms with Crippen molar-refractivity contribution in [2.45, 2.75) is 44.8 Å². The minimum Gasteiger partial charge on any atom is -0.392 e. The molecule has 1 saturated carbocycles. The summed E-state index contributed by atoms with van der Waals surface area (Å²) >= 11 is 0. The number of carbonyl (C=O) groups excluding carboxylic acids is 1. The van der Waals surface area contributed by atoms with E-state index in [1.54, 1.807) is 6.20 Å². The third-order valence-corrected chi connectivity index (χ3v) is 4.39. The highest BCUT2D eigenvalue weighted by atomic mass is 16.3. The molecule has 1 amide bonds. The zero-order valence-electron chi connectivity index (χ0n) is 13.2. The number of carbonyl (C=O) groups is 1. The van der Waals surface area contributed by atoms with Crippen LogP contribution in [0.1, 0.15) is 48.0 Å². The summed E-state index contributed by atoms with van der Waals surface area (Å²) in [5, 5.41) is 12.2. The number of aliphatic hydroxyl groups is 1. The van der Waals surface area contributed by atoms with Crippen LogP contribution in [0.25, 0.3) is 11.3 Å². The quantitative estimate of drug-likeness (QED) is 0.911. The molecule has 0 bridgehead atoms. The number of benzene rings is 1. The molecule has 1 aromatic carbocycles. The van der Waals surface area contributed by atoms with Crippen molar-refractivity contribution in [3.05, 3.63) is 53.7 Å². The molecule has 23 heavy (non-hydrogen) atoms. The van der Waals surface area contributed by atoms with E-state index in [2.05, 4.69) is 10.3 Å². The van der Waals surface area contributed by atoms with E-state index in [9.17, 15) is 4.79 Å². The second-order valence-electron chi connectivity index (χ2n) is 6.10. The topological polar surface area (TPSA) is 62.2 Å². The Labute approximate surface area is 136 Å². The van der Waals surface area contributed by atoms with Crippen molar-refractivity contribution in [3.8, 4) is 11.3 Å². The Morgan fingerprint density at radius 3 is 2.43 bits per heavy atom. The Hall–Kier alpha value is -2.20. The van der Waals surface area contributed by atoms with Crippen LogP contribution >= 0.6 is 0 Å². The molecule has 2 aromatic rings. The first-order valence-electron chi connectivity index (χ1n) is 8.23. The molecule has 0 aliphatic heterocycles. The number of aromatic nitrogens is 1. The van der Waals surface area contributed by atoms with Crippen molar-refractivity contribution in [1.82, 2.24) is 10.3 Å². The summed E-state index contributed by atoms with van der Waals surface area (Å²) in [4.78, 5) is 16.6. The fourth-order valence-electron chi connectivity index (χ4n) is 3.00. The van der Waals surface area contributed by atoms with Crippen molar-refractivity contribution in [1.29, 1.82) is 0 Å². The maximum absolute atomic E-state index is 12.3. The second kappa shape index (κ2) is 7.38. The molecule has 1 heterocycles. The predicted molar refractivity (Wildman–Crippen MR) is 89.9 cm³/mol. The van der Waals surface area contributed by atoms with E-state index in [0.717, 1.165) is 29.7 Å². The van der Waals surface area contributed by atoms with Crippen molar-refractivity contribution in [2.75, 3.05) is 0 Å². The Morgan fingerprint density at radius 2 is 1.83 bits per heavy atom. The molecule has 1 aliphatic carbocycles. The normalized spacial score (nSPS) is 15.3. The lowest BCUT2D eigenvalue weighted by Gasteiger charge is -2.22. The predicted octanol–water partition coefficient (Wildman–Crippen LogP) is 3.30. The minimum atomic E-state index is -0.00639. The molecule has 0 radical (unpaired) electrons. The maximum atomic E-state index is 12.3. The van der Waals surface area contributed by atoms with Crippen LogP contribution in [0.15, 0.2) is 42.6 Å². The van der Waals surface area contributed by atoms with Crippen LogP contribution in [0.3, 0.4) is 0 Å². The average molecular weight is 310 g/mol. The van der Waals surface area contributed by atoms with Crippen LogP contribution in [-0.2, 0) is 6.61 Å². The van der Waals surface area contributed by atoms with Gasteiger partial charge in [0.05, 0.1) is 12.3 Å². The number of amides is 1. The van der Waals surface area contributed by atoms with Crippen molar-refractivity contribution >= 4 is 5.91 Å². The fraction of sp³-hybridized carbons (Fsp3) is 0.368. The number of aliphatic hydroxyl groups excluding tert-OH is 1. The molecular formula is C19H22N2O2. The van der Waals surface area contributed by atoms with Crippen molar-refractivity contribution < 1.29 is 9.90 Å². The van der Waals surface area contributed by atoms with E-state index in [4.69, 9.17) is 5.11 Å². The van der Waals surface area contributed by atoms with Gasteiger partial charge in [-0.1, -0.05) is 37.5 Å². The molecule has 3 rings (SSSR count). The van der Waals surface area contributed by atoms with Gasteiger partial charge >= 0.3 is 0 Å². The number of hydrogen-bond acceptors (Lipinski definition) is 3. The summed E-state index contributed by atoms with van der Waals surface area (Å²) < 4.78 is 0. The molecule has 120 valence electrons. The van der Waals surface area contributed by atoms with Gasteiger partial charge in [-0.25, -0.2) is 0 Å². The van der Waals surface area contributed by atoms with Crippen LogP contribution in [-0.4, -0.2) is 22.0 Å². The van der Waals surface area contributed by atoms with Gasteiger partial charge in [0.1, 0.15) is 0 Å². The van der Waals surface area contributed by atoms with Gasteiger partial charge in [-0.3, -0.25) is 9.78 Å². The molecule has 0 spiro atoms. The summed E-state index contributed by atoms with van der Waals surface area (Å²) in [5.74, 6) is 0.00652. The lowest BCUT2D eigenvalue weighted by Crippen LogP contribution is -2.36. The van der Waals surface area contributed by atoms with Gasteiger partial charge in [-0.05, 0) is 36.6 Å². The smallest absolute Gasteiger partial charge is 0.251 e. The molecule has 1 aliphatic rings. The van der Waals surface area contributed by atoms with Crippen LogP contribution < -0.4 is 5.32 Å². The monoisotopic (exact) mass is 310 g/mol. The van der Waals surface area contributed by atoms with Gasteiger partial charge in [0, 0.05) is 23.4 Å². The molecule has 1 aromatic heterocycles. The van der Waals surface area contributed by atoms with E-state index < -0.39 is 0 Å². The standard InChI is InChI=1S/C19H22N2O2/c22-13-14-6-11-18(20-12-14)15-7-9-16(10-8-15)19(23)21-17-4-2-1-3-5-17/h6-12,17,22H,1-5,13H2,(H,21,23). The zero-order chi connectivity index (χ0) is 16.1. The first-order chi connectivity index (χ1) is 11.3. The summed E-state index contributed by atoms with van der Waals surface area (Å²) in [5.41, 5.74) is 3.27. The van der Waals surface area contributed by atoms with Gasteiger partial charge in [0.25, 0.3) is 5.91 Å². The lowest BCUT2D eigenvalue weighted by molar-refractivity contribution is 0.0927. The molecule has 0 atom stereocenters. The Morgan fingerprint density at radius 1 is 1.09 bits per heavy atom. The van der Waals surface area contributed by atoms with E-state index in [-0.39, 0.29) is 12.5 Å². The number of rotatable bonds is 4. The van der Waals surface area contributed by atoms with Crippen LogP contribution in [0, 0.1) is 0 Å². The molecular weight excluding hydrogens is 288 g/mol. The van der Waals surface area contributed by atoms with E-state index >= 15 is 0 Å². The highest BCUT2D eigenvalue weighted by Gasteiger charge is 2.16. The second-order valence-corrected chi connectivity index (χ2v) is 6.10. The van der Waals surface area contributed by atoms with Crippen molar-refractivity contribution in [2.24, 2.45) is 0 Å². The molecule has 2 N–H and O–H groups in total. The van der Waals surface area contributed by atoms with Crippen LogP contribution in [0.4, 0.5) is 0 Å². The summed E-state index contributed by atoms with van der Waals surface area (Å²) in [6.45, 7) is -0.00639. The Kier molecular flexibility index (Phi) is 5.03. The largest absolute Gasteiger partial charge is 0.392 e. The Balaban J connectivity index is 1.66. The van der Waals surface area contributed by atoms with Crippen LogP contribution in [0.2, 0.25) is 0 Å². The fourth-order valence-corrected chi connectivity index (χ4v) is 3.00. The minimum absolute atomic E-state index is 0.00639. The lowest BCUT2D eigenvalue weighted by atomic mass is 9.95. The summed E-state index contributed by atoms with van der Waals surface area (Å²) in [6, 6.07) is 11.6. The molecule has 4 nitrogen and oxygen atoms in total. The number of hydrogen-bond donors (Lipinski definition) is 2. The van der Waals surface area contributed by atoms with Crippen LogP contribution in [0.5, 0.6) is 0 Å². The van der Waals surface area contributed by atoms with E-state index in [0.29, 0.717) is 11.6 Å². The molecule has 4 heteroatoms. The summed E-state index contributed by atoms with van der Waals surface area (Å²) in [7, 11) is 0. The SMILES string of the molecule is O=C(NC1CCCCC1)c1ccc(-c2ccc(CO)cn2)cc1. The highest BCUT2D eigenvalue weighted by molar-refractivity contribution is 5.94. The molecule has 0 unspecified atom stereocenters. The average Bonchev–Trinajstić information content (AvgIpc) is 2.63. The van der Waals surface area contributed by atoms with Crippen molar-refractivity contribution in [3.63, 3.8) is 0 Å². The first kappa shape index (κ1) is 15.7. The van der Waals surface area contributed by atoms with Gasteiger partial charge < -0.3 is 10.4 Å². The number of nitrogens with zero attached hydrogens (tertiary/aromatic N) is 1. The Bertz CT molecular complexity index is 644. The third-order valence-electron chi connectivity index (χ3n) is 4.39. The number of nitrogens with one attached hydrogen (secondary N) is 1. The number of pyridine rings is 1. The maximum Gasteiger partial charge on any atom is 0.251 e. The van der Waals surface area contributed by atoms with Gasteiger partial charge in [-0.15, -0.1) is 0 Å². The van der Waals surface area contributed by atoms with Gasteiger partial charge in [0.15, 0.2) is 0 Å². The third kappa shape index (κ3) is 3.96.